The molecule has 1 aliphatic heterocycles. The van der Waals surface area contributed by atoms with E-state index in [0.717, 1.165) is 11.9 Å². The van der Waals surface area contributed by atoms with Crippen molar-refractivity contribution in [2.24, 2.45) is 5.92 Å². The molecule has 1 saturated carbocycles. The van der Waals surface area contributed by atoms with Crippen LogP contribution in [0.1, 0.15) is 25.5 Å². The molecule has 3 aliphatic rings. The first kappa shape index (κ1) is 13.8. The molecule has 5 rings (SSSR count). The zero-order chi connectivity index (χ0) is 16.1. The summed E-state index contributed by atoms with van der Waals surface area (Å²) in [6.07, 6.45) is 17.7. The first-order valence-corrected chi connectivity index (χ1v) is 8.64. The molecule has 0 N–H and O–H groups in total. The standard InChI is InChI=1S/C22H20N2/c1-16-5-4-12-24(15-16)19-8-9-20-17(13-19)7-10-21(23-20)22-11-3-2-6-18(22)14-22/h2-4,6-13,15,18H,5,14H2,1H3. The lowest BCUT2D eigenvalue weighted by Gasteiger charge is -2.21. The third-order valence-corrected chi connectivity index (χ3v) is 5.42. The Kier molecular flexibility index (Phi) is 2.84. The van der Waals surface area contributed by atoms with E-state index in [0.29, 0.717) is 5.92 Å². The Morgan fingerprint density at radius 2 is 2.12 bits per heavy atom. The summed E-state index contributed by atoms with van der Waals surface area (Å²) in [4.78, 5) is 7.17. The quantitative estimate of drug-likeness (QED) is 0.753. The van der Waals surface area contributed by atoms with Crippen LogP contribution in [-0.2, 0) is 5.41 Å². The third-order valence-electron chi connectivity index (χ3n) is 5.42. The predicted octanol–water partition coefficient (Wildman–Crippen LogP) is 5.25. The minimum Gasteiger partial charge on any atom is -0.324 e. The number of allylic oxidation sites excluding steroid dienone is 6. The number of anilines is 1. The zero-order valence-electron chi connectivity index (χ0n) is 13.8. The first-order valence-electron chi connectivity index (χ1n) is 8.64. The highest BCUT2D eigenvalue weighted by atomic mass is 15.1. The van der Waals surface area contributed by atoms with Crippen LogP contribution in [0, 0.1) is 5.92 Å². The van der Waals surface area contributed by atoms with Gasteiger partial charge in [-0.05, 0) is 49.9 Å². The van der Waals surface area contributed by atoms with Crippen LogP contribution in [0.5, 0.6) is 0 Å². The molecule has 0 spiro atoms. The number of benzene rings is 1. The van der Waals surface area contributed by atoms with Crippen LogP contribution >= 0.6 is 0 Å². The molecule has 2 aromatic rings. The number of aromatic nitrogens is 1. The molecule has 0 saturated heterocycles. The monoisotopic (exact) mass is 312 g/mol. The summed E-state index contributed by atoms with van der Waals surface area (Å²) >= 11 is 0. The van der Waals surface area contributed by atoms with Crippen LogP contribution in [0.25, 0.3) is 10.9 Å². The molecule has 2 atom stereocenters. The molecule has 1 aromatic heterocycles. The fourth-order valence-electron chi connectivity index (χ4n) is 3.92. The van der Waals surface area contributed by atoms with Gasteiger partial charge < -0.3 is 4.90 Å². The summed E-state index contributed by atoms with van der Waals surface area (Å²) in [5.74, 6) is 0.637. The van der Waals surface area contributed by atoms with E-state index in [-0.39, 0.29) is 5.41 Å². The molecule has 0 amide bonds. The van der Waals surface area contributed by atoms with E-state index in [1.807, 2.05) is 0 Å². The highest BCUT2D eigenvalue weighted by Crippen LogP contribution is 2.57. The number of nitrogens with zero attached hydrogens (tertiary/aromatic N) is 2. The fraction of sp³-hybridized carbons (Fsp3) is 0.227. The molecular formula is C22H20N2. The van der Waals surface area contributed by atoms with E-state index in [1.54, 1.807) is 0 Å². The van der Waals surface area contributed by atoms with Crippen LogP contribution in [0.3, 0.4) is 0 Å². The van der Waals surface area contributed by atoms with Gasteiger partial charge >= 0.3 is 0 Å². The van der Waals surface area contributed by atoms with Crippen LogP contribution in [-0.4, -0.2) is 4.98 Å². The van der Waals surface area contributed by atoms with E-state index < -0.39 is 0 Å². The van der Waals surface area contributed by atoms with Crippen LogP contribution in [0.4, 0.5) is 5.69 Å². The third kappa shape index (κ3) is 2.06. The summed E-state index contributed by atoms with van der Waals surface area (Å²) in [5.41, 5.74) is 5.03. The number of fused-ring (bicyclic) bond motifs is 2. The highest BCUT2D eigenvalue weighted by molar-refractivity contribution is 5.83. The van der Waals surface area contributed by atoms with E-state index in [4.69, 9.17) is 4.98 Å². The lowest BCUT2D eigenvalue weighted by molar-refractivity contribution is 0.785. The number of hydrogen-bond acceptors (Lipinski definition) is 2. The topological polar surface area (TPSA) is 16.1 Å². The van der Waals surface area contributed by atoms with E-state index in [9.17, 15) is 0 Å². The summed E-state index contributed by atoms with van der Waals surface area (Å²) in [5, 5.41) is 1.20. The number of rotatable bonds is 2. The molecule has 2 nitrogen and oxygen atoms in total. The second-order valence-corrected chi connectivity index (χ2v) is 7.14. The summed E-state index contributed by atoms with van der Waals surface area (Å²) < 4.78 is 0. The Morgan fingerprint density at radius 3 is 3.00 bits per heavy atom. The lowest BCUT2D eigenvalue weighted by atomic mass is 9.94. The fourth-order valence-corrected chi connectivity index (χ4v) is 3.92. The van der Waals surface area contributed by atoms with Crippen molar-refractivity contribution in [2.75, 3.05) is 4.90 Å². The lowest BCUT2D eigenvalue weighted by Crippen LogP contribution is -2.11. The smallest absolute Gasteiger partial charge is 0.0707 e. The Morgan fingerprint density at radius 1 is 1.17 bits per heavy atom. The van der Waals surface area contributed by atoms with Crippen molar-refractivity contribution in [1.29, 1.82) is 0 Å². The maximum absolute atomic E-state index is 4.98. The summed E-state index contributed by atoms with van der Waals surface area (Å²) in [6, 6.07) is 11.0. The van der Waals surface area contributed by atoms with Gasteiger partial charge in [-0.2, -0.15) is 0 Å². The second kappa shape index (κ2) is 4.94. The van der Waals surface area contributed by atoms with Crippen molar-refractivity contribution < 1.29 is 0 Å². The number of hydrogen-bond donors (Lipinski definition) is 0. The van der Waals surface area contributed by atoms with Crippen LogP contribution in [0.15, 0.2) is 78.7 Å². The Hall–Kier alpha value is -2.61. The summed E-state index contributed by atoms with van der Waals surface area (Å²) in [6.45, 7) is 2.17. The minimum absolute atomic E-state index is 0.164. The maximum atomic E-state index is 4.98. The van der Waals surface area contributed by atoms with Gasteiger partial charge in [0, 0.05) is 28.9 Å². The molecule has 0 bridgehead atoms. The van der Waals surface area contributed by atoms with Gasteiger partial charge in [-0.3, -0.25) is 4.98 Å². The molecule has 2 aliphatic carbocycles. The largest absolute Gasteiger partial charge is 0.324 e. The average molecular weight is 312 g/mol. The van der Waals surface area contributed by atoms with Gasteiger partial charge in [0.25, 0.3) is 0 Å². The normalized spacial score (nSPS) is 27.3. The Labute approximate surface area is 142 Å². The van der Waals surface area contributed by atoms with E-state index in [2.05, 4.69) is 84.9 Å². The molecule has 24 heavy (non-hydrogen) atoms. The van der Waals surface area contributed by atoms with Crippen molar-refractivity contribution in [3.8, 4) is 0 Å². The van der Waals surface area contributed by atoms with Crippen LogP contribution < -0.4 is 4.90 Å². The van der Waals surface area contributed by atoms with Gasteiger partial charge in [0.05, 0.1) is 11.2 Å². The Bertz CT molecular complexity index is 948. The molecule has 1 aromatic carbocycles. The van der Waals surface area contributed by atoms with Gasteiger partial charge in [0.2, 0.25) is 0 Å². The second-order valence-electron chi connectivity index (χ2n) is 7.14. The van der Waals surface area contributed by atoms with Crippen molar-refractivity contribution in [1.82, 2.24) is 4.98 Å². The molecule has 0 radical (unpaired) electrons. The SMILES string of the molecule is CC1=CN(c2ccc3nc(C45C=CC=CC4C5)ccc3c2)C=CC1. The molecule has 118 valence electrons. The molecule has 2 heterocycles. The number of pyridine rings is 1. The first-order chi connectivity index (χ1) is 11.7. The molecule has 2 unspecified atom stereocenters. The van der Waals surface area contributed by atoms with Gasteiger partial charge in [0.15, 0.2) is 0 Å². The van der Waals surface area contributed by atoms with Crippen molar-refractivity contribution in [3.05, 3.63) is 84.4 Å². The molecule has 2 heteroatoms. The molecule has 1 fully saturated rings. The van der Waals surface area contributed by atoms with Gasteiger partial charge in [-0.1, -0.05) is 42.0 Å². The predicted molar refractivity (Wildman–Crippen MR) is 99.8 cm³/mol. The van der Waals surface area contributed by atoms with E-state index in [1.165, 1.54) is 28.8 Å². The average Bonchev–Trinajstić information content (AvgIpc) is 3.37. The maximum Gasteiger partial charge on any atom is 0.0707 e. The van der Waals surface area contributed by atoms with Gasteiger partial charge in [-0.15, -0.1) is 0 Å². The Balaban J connectivity index is 1.53. The zero-order valence-corrected chi connectivity index (χ0v) is 13.8. The van der Waals surface area contributed by atoms with Crippen LogP contribution in [0.2, 0.25) is 0 Å². The molecular weight excluding hydrogens is 292 g/mol. The van der Waals surface area contributed by atoms with Gasteiger partial charge in [0.1, 0.15) is 0 Å². The van der Waals surface area contributed by atoms with E-state index >= 15 is 0 Å². The minimum atomic E-state index is 0.164. The van der Waals surface area contributed by atoms with Crippen molar-refractivity contribution in [2.45, 2.75) is 25.2 Å². The summed E-state index contributed by atoms with van der Waals surface area (Å²) in [7, 11) is 0. The highest BCUT2D eigenvalue weighted by Gasteiger charge is 2.53. The van der Waals surface area contributed by atoms with Crippen molar-refractivity contribution in [3.63, 3.8) is 0 Å². The van der Waals surface area contributed by atoms with Gasteiger partial charge in [-0.25, -0.2) is 0 Å². The van der Waals surface area contributed by atoms with Crippen molar-refractivity contribution >= 4 is 16.6 Å².